The Morgan fingerprint density at radius 3 is 2.17 bits per heavy atom. The first kappa shape index (κ1) is 16.9. The SMILES string of the molecule is O=C(ON1C(=O)c2ccccc2C1=O)c1ccccc1-n1cnc2ccccc21. The molecule has 7 heteroatoms. The van der Waals surface area contributed by atoms with E-state index in [1.807, 2.05) is 24.3 Å². The normalized spacial score (nSPS) is 13.0. The minimum absolute atomic E-state index is 0.201. The maximum Gasteiger partial charge on any atom is 0.366 e. The molecule has 0 saturated heterocycles. The third-order valence-electron chi connectivity index (χ3n) is 4.77. The molecule has 140 valence electrons. The smallest absolute Gasteiger partial charge is 0.324 e. The topological polar surface area (TPSA) is 81.5 Å². The molecule has 0 atom stereocenters. The van der Waals surface area contributed by atoms with Crippen LogP contribution in [-0.2, 0) is 4.84 Å². The minimum atomic E-state index is -0.812. The van der Waals surface area contributed by atoms with Gasteiger partial charge in [-0.15, -0.1) is 0 Å². The Labute approximate surface area is 164 Å². The highest BCUT2D eigenvalue weighted by Gasteiger charge is 2.39. The first-order valence-electron chi connectivity index (χ1n) is 8.87. The highest BCUT2D eigenvalue weighted by atomic mass is 16.7. The lowest BCUT2D eigenvalue weighted by atomic mass is 10.1. The maximum absolute atomic E-state index is 12.9. The van der Waals surface area contributed by atoms with Crippen LogP contribution in [0.3, 0.4) is 0 Å². The average Bonchev–Trinajstić information content (AvgIpc) is 3.29. The fraction of sp³-hybridized carbons (Fsp3) is 0. The summed E-state index contributed by atoms with van der Waals surface area (Å²) >= 11 is 0. The van der Waals surface area contributed by atoms with Crippen LogP contribution < -0.4 is 0 Å². The van der Waals surface area contributed by atoms with Crippen molar-refractivity contribution in [3.8, 4) is 5.69 Å². The lowest BCUT2D eigenvalue weighted by Gasteiger charge is -2.15. The number of nitrogens with zero attached hydrogens (tertiary/aromatic N) is 3. The molecule has 7 nitrogen and oxygen atoms in total. The van der Waals surface area contributed by atoms with Gasteiger partial charge in [-0.1, -0.05) is 41.5 Å². The Balaban J connectivity index is 1.51. The Morgan fingerprint density at radius 2 is 1.41 bits per heavy atom. The van der Waals surface area contributed by atoms with Crippen molar-refractivity contribution in [2.45, 2.75) is 0 Å². The van der Waals surface area contributed by atoms with E-state index in [0.717, 1.165) is 11.0 Å². The number of carbonyl (C=O) groups is 3. The standard InChI is InChI=1S/C22H13N3O4/c26-20-14-7-1-2-8-15(14)21(27)25(20)29-22(28)16-9-3-5-11-18(16)24-13-23-17-10-4-6-12-19(17)24/h1-13H. The third-order valence-corrected chi connectivity index (χ3v) is 4.77. The average molecular weight is 383 g/mol. The van der Waals surface area contributed by atoms with Crippen LogP contribution in [0.5, 0.6) is 0 Å². The van der Waals surface area contributed by atoms with Crippen LogP contribution in [0.4, 0.5) is 0 Å². The van der Waals surface area contributed by atoms with Crippen molar-refractivity contribution in [2.75, 3.05) is 0 Å². The summed E-state index contributed by atoms with van der Waals surface area (Å²) in [6, 6.07) is 20.6. The molecule has 4 aromatic rings. The number of amides is 2. The summed E-state index contributed by atoms with van der Waals surface area (Å²) in [5, 5.41) is 0.510. The summed E-state index contributed by atoms with van der Waals surface area (Å²) in [6.45, 7) is 0. The highest BCUT2D eigenvalue weighted by molar-refractivity contribution is 6.21. The summed E-state index contributed by atoms with van der Waals surface area (Å²) in [4.78, 5) is 47.4. The van der Waals surface area contributed by atoms with Crippen molar-refractivity contribution in [1.29, 1.82) is 0 Å². The van der Waals surface area contributed by atoms with Crippen LogP contribution in [0.25, 0.3) is 16.7 Å². The maximum atomic E-state index is 12.9. The second kappa shape index (κ2) is 6.42. The number of imidazole rings is 1. The minimum Gasteiger partial charge on any atom is -0.324 e. The lowest BCUT2D eigenvalue weighted by molar-refractivity contribution is -0.0584. The number of imide groups is 1. The zero-order valence-electron chi connectivity index (χ0n) is 15.0. The van der Waals surface area contributed by atoms with Crippen LogP contribution in [0.2, 0.25) is 0 Å². The summed E-state index contributed by atoms with van der Waals surface area (Å²) in [6.07, 6.45) is 1.61. The van der Waals surface area contributed by atoms with Crippen molar-refractivity contribution in [2.24, 2.45) is 0 Å². The van der Waals surface area contributed by atoms with Crippen molar-refractivity contribution in [3.05, 3.63) is 95.8 Å². The number of para-hydroxylation sites is 3. The predicted octanol–water partition coefficient (Wildman–Crippen LogP) is 3.39. The number of hydrogen-bond acceptors (Lipinski definition) is 5. The van der Waals surface area contributed by atoms with Gasteiger partial charge in [0.05, 0.1) is 33.4 Å². The molecular formula is C22H13N3O4. The van der Waals surface area contributed by atoms with Gasteiger partial charge in [-0.25, -0.2) is 9.78 Å². The molecule has 2 heterocycles. The quantitative estimate of drug-likeness (QED) is 0.507. The van der Waals surface area contributed by atoms with E-state index in [9.17, 15) is 14.4 Å². The van der Waals surface area contributed by atoms with E-state index >= 15 is 0 Å². The van der Waals surface area contributed by atoms with E-state index in [-0.39, 0.29) is 16.7 Å². The van der Waals surface area contributed by atoms with Crippen molar-refractivity contribution in [3.63, 3.8) is 0 Å². The second-order valence-corrected chi connectivity index (χ2v) is 6.45. The number of rotatable bonds is 3. The van der Waals surface area contributed by atoms with E-state index in [1.54, 1.807) is 47.3 Å². The molecule has 1 aliphatic heterocycles. The van der Waals surface area contributed by atoms with Crippen LogP contribution in [0.1, 0.15) is 31.1 Å². The summed E-state index contributed by atoms with van der Waals surface area (Å²) in [5.74, 6) is -2.14. The van der Waals surface area contributed by atoms with Gasteiger partial charge in [0.2, 0.25) is 0 Å². The first-order chi connectivity index (χ1) is 14.1. The van der Waals surface area contributed by atoms with E-state index in [0.29, 0.717) is 10.8 Å². The summed E-state index contributed by atoms with van der Waals surface area (Å²) in [7, 11) is 0. The number of carbonyl (C=O) groups excluding carboxylic acids is 3. The van der Waals surface area contributed by atoms with E-state index in [2.05, 4.69) is 4.98 Å². The zero-order chi connectivity index (χ0) is 20.0. The fourth-order valence-corrected chi connectivity index (χ4v) is 3.39. The van der Waals surface area contributed by atoms with Gasteiger partial charge < -0.3 is 4.84 Å². The van der Waals surface area contributed by atoms with E-state index in [1.165, 1.54) is 12.1 Å². The summed E-state index contributed by atoms with van der Waals surface area (Å²) in [5.41, 5.74) is 2.73. The molecule has 29 heavy (non-hydrogen) atoms. The van der Waals surface area contributed by atoms with Gasteiger partial charge in [0, 0.05) is 0 Å². The molecule has 0 radical (unpaired) electrons. The third kappa shape index (κ3) is 2.60. The molecule has 0 saturated carbocycles. The van der Waals surface area contributed by atoms with Gasteiger partial charge >= 0.3 is 5.97 Å². The fourth-order valence-electron chi connectivity index (χ4n) is 3.39. The first-order valence-corrected chi connectivity index (χ1v) is 8.87. The Bertz CT molecular complexity index is 1270. The Morgan fingerprint density at radius 1 is 0.793 bits per heavy atom. The highest BCUT2D eigenvalue weighted by Crippen LogP contribution is 2.25. The molecule has 1 aliphatic rings. The van der Waals surface area contributed by atoms with Gasteiger partial charge in [0.1, 0.15) is 6.33 Å². The van der Waals surface area contributed by atoms with Crippen molar-refractivity contribution < 1.29 is 19.2 Å². The van der Waals surface area contributed by atoms with E-state index in [4.69, 9.17) is 4.84 Å². The van der Waals surface area contributed by atoms with Gasteiger partial charge in [0.25, 0.3) is 11.8 Å². The molecule has 3 aromatic carbocycles. The molecule has 0 aliphatic carbocycles. The second-order valence-electron chi connectivity index (χ2n) is 6.45. The Kier molecular flexibility index (Phi) is 3.74. The number of benzene rings is 3. The van der Waals surface area contributed by atoms with Crippen LogP contribution in [-0.4, -0.2) is 32.4 Å². The molecule has 5 rings (SSSR count). The van der Waals surface area contributed by atoms with Crippen LogP contribution >= 0.6 is 0 Å². The molecular weight excluding hydrogens is 370 g/mol. The molecule has 0 N–H and O–H groups in total. The lowest BCUT2D eigenvalue weighted by Crippen LogP contribution is -2.33. The molecule has 2 amide bonds. The monoisotopic (exact) mass is 383 g/mol. The number of fused-ring (bicyclic) bond motifs is 2. The van der Waals surface area contributed by atoms with Gasteiger partial charge in [-0.2, -0.15) is 0 Å². The van der Waals surface area contributed by atoms with Crippen LogP contribution in [0, 0.1) is 0 Å². The number of aromatic nitrogens is 2. The van der Waals surface area contributed by atoms with Crippen molar-refractivity contribution >= 4 is 28.8 Å². The molecule has 0 bridgehead atoms. The van der Waals surface area contributed by atoms with Gasteiger partial charge in [-0.3, -0.25) is 14.2 Å². The van der Waals surface area contributed by atoms with Gasteiger partial charge in [-0.05, 0) is 36.4 Å². The molecule has 0 fully saturated rings. The van der Waals surface area contributed by atoms with Crippen LogP contribution in [0.15, 0.2) is 79.1 Å². The zero-order valence-corrected chi connectivity index (χ0v) is 15.0. The predicted molar refractivity (Wildman–Crippen MR) is 103 cm³/mol. The largest absolute Gasteiger partial charge is 0.366 e. The summed E-state index contributed by atoms with van der Waals surface area (Å²) < 4.78 is 1.76. The molecule has 0 spiro atoms. The number of hydroxylamine groups is 2. The molecule has 1 aromatic heterocycles. The van der Waals surface area contributed by atoms with Gasteiger partial charge in [0.15, 0.2) is 0 Å². The Hall–Kier alpha value is -4.26. The van der Waals surface area contributed by atoms with Crippen molar-refractivity contribution in [1.82, 2.24) is 14.6 Å². The number of hydrogen-bond donors (Lipinski definition) is 0. The van der Waals surface area contributed by atoms with E-state index < -0.39 is 17.8 Å². The molecule has 0 unspecified atom stereocenters.